The maximum atomic E-state index is 13.6. The molecular formula is C29H40NO9P. The quantitative estimate of drug-likeness (QED) is 0.312. The Labute approximate surface area is 235 Å². The Balaban J connectivity index is 1.74. The summed E-state index contributed by atoms with van der Waals surface area (Å²) in [4.78, 5) is 59.4. The fourth-order valence-electron chi connectivity index (χ4n) is 7.90. The van der Waals surface area contributed by atoms with Crippen molar-refractivity contribution in [2.45, 2.75) is 72.0 Å². The van der Waals surface area contributed by atoms with E-state index in [1.807, 2.05) is 20.8 Å². The predicted octanol–water partition coefficient (Wildman–Crippen LogP) is 5.04. The molecule has 0 aromatic heterocycles. The highest BCUT2D eigenvalue weighted by atomic mass is 31.2. The number of imide groups is 1. The van der Waals surface area contributed by atoms with Crippen LogP contribution < -0.4 is 10.1 Å². The van der Waals surface area contributed by atoms with Crippen LogP contribution >= 0.6 is 7.82 Å². The van der Waals surface area contributed by atoms with Crippen molar-refractivity contribution in [3.05, 3.63) is 42.5 Å². The zero-order valence-corrected chi connectivity index (χ0v) is 24.6. The van der Waals surface area contributed by atoms with Gasteiger partial charge in [0.25, 0.3) is 5.91 Å². The highest BCUT2D eigenvalue weighted by molar-refractivity contribution is 7.46. The summed E-state index contributed by atoms with van der Waals surface area (Å²) in [6.45, 7) is 11.7. The number of carbonyl (C=O) groups excluding carboxylic acids is 3. The molecule has 3 aliphatic rings. The minimum absolute atomic E-state index is 0.0109. The van der Waals surface area contributed by atoms with E-state index in [-0.39, 0.29) is 23.7 Å². The SMILES string of the molecule is C=C[C@]1(C)C[C@@H](OC(=O)NC(=O)c2ccc(OC)cc2)[C@]2(C)[C@H](C)CC[C@]3(CCC(=O)[C@@H]32)[C@@H](C)[C@@H]1OP(=O)(O)O. The Hall–Kier alpha value is -2.52. The van der Waals surface area contributed by atoms with E-state index in [1.165, 1.54) is 19.2 Å². The molecule has 0 heterocycles. The molecule has 0 saturated heterocycles. The van der Waals surface area contributed by atoms with Crippen molar-refractivity contribution in [3.63, 3.8) is 0 Å². The van der Waals surface area contributed by atoms with Gasteiger partial charge in [-0.3, -0.25) is 19.4 Å². The van der Waals surface area contributed by atoms with Gasteiger partial charge in [-0.05, 0) is 67.2 Å². The summed E-state index contributed by atoms with van der Waals surface area (Å²) in [7, 11) is -3.42. The maximum Gasteiger partial charge on any atom is 0.469 e. The summed E-state index contributed by atoms with van der Waals surface area (Å²) in [6.07, 6.45) is 1.17. The molecule has 1 aromatic rings. The van der Waals surface area contributed by atoms with Crippen molar-refractivity contribution >= 4 is 25.6 Å². The highest BCUT2D eigenvalue weighted by Crippen LogP contribution is 2.69. The minimum Gasteiger partial charge on any atom is -0.497 e. The Morgan fingerprint density at radius 2 is 1.80 bits per heavy atom. The van der Waals surface area contributed by atoms with Gasteiger partial charge < -0.3 is 19.3 Å². The number of nitrogens with one attached hydrogen (secondary N) is 1. The normalized spacial score (nSPS) is 37.5. The van der Waals surface area contributed by atoms with Crippen LogP contribution in [0.5, 0.6) is 5.75 Å². The van der Waals surface area contributed by atoms with E-state index >= 15 is 0 Å². The van der Waals surface area contributed by atoms with Crippen molar-refractivity contribution in [1.29, 1.82) is 0 Å². The smallest absolute Gasteiger partial charge is 0.469 e. The van der Waals surface area contributed by atoms with Crippen LogP contribution in [0.2, 0.25) is 0 Å². The number of hydrogen-bond acceptors (Lipinski definition) is 7. The topological polar surface area (TPSA) is 148 Å². The molecule has 3 saturated carbocycles. The Bertz CT molecular complexity index is 1230. The summed E-state index contributed by atoms with van der Waals surface area (Å²) < 4.78 is 28.8. The number of methoxy groups -OCH3 is 1. The van der Waals surface area contributed by atoms with Gasteiger partial charge in [-0.1, -0.05) is 33.8 Å². The van der Waals surface area contributed by atoms with E-state index < -0.39 is 60.1 Å². The third kappa shape index (κ3) is 5.15. The molecule has 10 nitrogen and oxygen atoms in total. The summed E-state index contributed by atoms with van der Waals surface area (Å²) in [5.74, 6) is -0.953. The largest absolute Gasteiger partial charge is 0.497 e. The number of carbonyl (C=O) groups is 3. The number of rotatable bonds is 6. The second-order valence-corrected chi connectivity index (χ2v) is 13.4. The first kappa shape index (κ1) is 30.4. The molecule has 2 amide bonds. The van der Waals surface area contributed by atoms with E-state index in [2.05, 4.69) is 11.9 Å². The zero-order valence-electron chi connectivity index (χ0n) is 23.7. The number of phosphoric ester groups is 1. The molecule has 11 heteroatoms. The molecule has 220 valence electrons. The van der Waals surface area contributed by atoms with Crippen LogP contribution in [0, 0.1) is 34.0 Å². The molecule has 40 heavy (non-hydrogen) atoms. The maximum absolute atomic E-state index is 13.6. The van der Waals surface area contributed by atoms with Gasteiger partial charge in [-0.2, -0.15) is 0 Å². The first-order valence-corrected chi connectivity index (χ1v) is 15.2. The van der Waals surface area contributed by atoms with Crippen LogP contribution in [0.25, 0.3) is 0 Å². The molecule has 3 aliphatic carbocycles. The number of Topliss-reactive ketones (excluding diaryl/α,β-unsaturated/α-hetero) is 1. The second kappa shape index (κ2) is 10.7. The Morgan fingerprint density at radius 3 is 2.38 bits per heavy atom. The van der Waals surface area contributed by atoms with Gasteiger partial charge in [-0.15, -0.1) is 6.58 Å². The number of ketones is 1. The van der Waals surface area contributed by atoms with E-state index in [4.69, 9.17) is 14.0 Å². The number of benzene rings is 1. The summed E-state index contributed by atoms with van der Waals surface area (Å²) >= 11 is 0. The van der Waals surface area contributed by atoms with Crippen molar-refractivity contribution in [3.8, 4) is 5.75 Å². The molecule has 4 rings (SSSR count). The van der Waals surface area contributed by atoms with Crippen molar-refractivity contribution < 1.29 is 42.7 Å². The van der Waals surface area contributed by atoms with Crippen LogP contribution in [-0.2, 0) is 18.6 Å². The Morgan fingerprint density at radius 1 is 1.15 bits per heavy atom. The van der Waals surface area contributed by atoms with E-state index in [9.17, 15) is 28.7 Å². The molecule has 3 fully saturated rings. The van der Waals surface area contributed by atoms with Gasteiger partial charge in [-0.25, -0.2) is 9.36 Å². The molecule has 2 bridgehead atoms. The van der Waals surface area contributed by atoms with Gasteiger partial charge >= 0.3 is 13.9 Å². The van der Waals surface area contributed by atoms with Gasteiger partial charge in [0.1, 0.15) is 17.6 Å². The number of amides is 2. The third-order valence-corrected chi connectivity index (χ3v) is 10.8. The fraction of sp³-hybridized carbons (Fsp3) is 0.621. The molecule has 8 atom stereocenters. The minimum atomic E-state index is -4.93. The standard InChI is InChI=1S/C29H40NO9P/c1-7-27(4)16-22(38-26(33)30-25(32)19-8-10-20(37-6)11-9-19)28(5)17(2)12-14-29(15-13-21(31)23(28)29)18(3)24(27)39-40(34,35)36/h7-11,17-18,22-24H,1,12-16H2,2-6H3,(H,30,32,33)(H2,34,35,36)/t17-,18+,22-,23-,24+,27-,28+,29+/m1/s1. The highest BCUT2D eigenvalue weighted by Gasteiger charge is 2.69. The molecule has 0 radical (unpaired) electrons. The lowest BCUT2D eigenvalue weighted by Gasteiger charge is -2.62. The lowest BCUT2D eigenvalue weighted by Crippen LogP contribution is -2.63. The number of hydrogen-bond donors (Lipinski definition) is 3. The lowest BCUT2D eigenvalue weighted by atomic mass is 9.44. The number of alkyl carbamates (subject to hydrolysis) is 1. The summed E-state index contributed by atoms with van der Waals surface area (Å²) in [6, 6.07) is 6.24. The number of ether oxygens (including phenoxy) is 2. The van der Waals surface area contributed by atoms with Gasteiger partial charge in [0, 0.05) is 28.7 Å². The second-order valence-electron chi connectivity index (χ2n) is 12.2. The summed E-state index contributed by atoms with van der Waals surface area (Å²) in [5, 5.41) is 2.29. The molecule has 3 N–H and O–H groups in total. The van der Waals surface area contributed by atoms with Gasteiger partial charge in [0.15, 0.2) is 0 Å². The van der Waals surface area contributed by atoms with Crippen LogP contribution in [0.4, 0.5) is 4.79 Å². The molecular weight excluding hydrogens is 537 g/mol. The lowest BCUT2D eigenvalue weighted by molar-refractivity contribution is -0.189. The van der Waals surface area contributed by atoms with Crippen LogP contribution in [-0.4, -0.2) is 46.9 Å². The molecule has 0 unspecified atom stereocenters. The number of phosphoric acid groups is 1. The molecule has 1 aromatic carbocycles. The summed E-state index contributed by atoms with van der Waals surface area (Å²) in [5.41, 5.74) is -2.19. The fourth-order valence-corrected chi connectivity index (χ4v) is 8.62. The van der Waals surface area contributed by atoms with Crippen molar-refractivity contribution in [2.24, 2.45) is 34.0 Å². The zero-order chi connectivity index (χ0) is 29.7. The van der Waals surface area contributed by atoms with Crippen LogP contribution in [0.3, 0.4) is 0 Å². The van der Waals surface area contributed by atoms with Gasteiger partial charge in [0.2, 0.25) is 0 Å². The van der Waals surface area contributed by atoms with Crippen molar-refractivity contribution in [2.75, 3.05) is 7.11 Å². The van der Waals surface area contributed by atoms with E-state index in [1.54, 1.807) is 25.1 Å². The average Bonchev–Trinajstić information content (AvgIpc) is 3.25. The first-order chi connectivity index (χ1) is 18.6. The van der Waals surface area contributed by atoms with Crippen molar-refractivity contribution in [1.82, 2.24) is 5.32 Å². The Kier molecular flexibility index (Phi) is 8.15. The first-order valence-electron chi connectivity index (χ1n) is 13.7. The third-order valence-electron chi connectivity index (χ3n) is 10.3. The molecule has 0 aliphatic heterocycles. The average molecular weight is 578 g/mol. The van der Waals surface area contributed by atoms with E-state index in [0.29, 0.717) is 25.0 Å². The molecule has 0 spiro atoms. The predicted molar refractivity (Wildman–Crippen MR) is 146 cm³/mol. The van der Waals surface area contributed by atoms with Gasteiger partial charge in [0.05, 0.1) is 13.2 Å². The van der Waals surface area contributed by atoms with Crippen LogP contribution in [0.1, 0.15) is 70.2 Å². The van der Waals surface area contributed by atoms with Crippen LogP contribution in [0.15, 0.2) is 36.9 Å². The van der Waals surface area contributed by atoms with E-state index in [0.717, 1.165) is 6.42 Å². The monoisotopic (exact) mass is 577 g/mol.